The summed E-state index contributed by atoms with van der Waals surface area (Å²) < 4.78 is 7.42. The molecule has 7 nitrogen and oxygen atoms in total. The van der Waals surface area contributed by atoms with E-state index in [4.69, 9.17) is 4.74 Å². The number of amides is 2. The fourth-order valence-corrected chi connectivity index (χ4v) is 7.71. The highest BCUT2D eigenvalue weighted by Crippen LogP contribution is 2.49. The minimum absolute atomic E-state index is 0.0303. The molecule has 0 radical (unpaired) electrons. The Labute approximate surface area is 204 Å². The fraction of sp³-hybridized carbons (Fsp3) is 0.654. The first-order valence-corrected chi connectivity index (χ1v) is 15.2. The molecule has 0 spiro atoms. The minimum atomic E-state index is -2.25. The average Bonchev–Trinajstić information content (AvgIpc) is 2.75. The van der Waals surface area contributed by atoms with E-state index in [-0.39, 0.29) is 29.4 Å². The predicted octanol–water partition coefficient (Wildman–Crippen LogP) is 4.21. The summed E-state index contributed by atoms with van der Waals surface area (Å²) in [5, 5.41) is 10.3. The largest absolute Gasteiger partial charge is 0.445 e. The standard InChI is InChI=1S/C26H40N2O5Si/c1-17(29)21-22(28(24(21)31)34(6,7)26(2,3)4)19-14-11-15-20(23(19)30)27(5)25(32)33-16-18-12-9-8-10-13-18/h8-10,12-13,17,19-22,29H,11,14-16H2,1-7H3/t17-,19?,20?,21-,22-/m1/s1. The van der Waals surface area contributed by atoms with Crippen molar-refractivity contribution in [3.63, 3.8) is 0 Å². The van der Waals surface area contributed by atoms with Crippen LogP contribution in [0.3, 0.4) is 0 Å². The van der Waals surface area contributed by atoms with Gasteiger partial charge in [-0.15, -0.1) is 0 Å². The van der Waals surface area contributed by atoms with Gasteiger partial charge in [-0.1, -0.05) is 70.6 Å². The molecule has 3 rings (SSSR count). The third kappa shape index (κ3) is 4.80. The van der Waals surface area contributed by atoms with Crippen molar-refractivity contribution in [2.45, 2.75) is 89.9 Å². The molecular formula is C26H40N2O5Si. The van der Waals surface area contributed by atoms with Crippen molar-refractivity contribution in [2.24, 2.45) is 11.8 Å². The van der Waals surface area contributed by atoms with Gasteiger partial charge in [-0.3, -0.25) is 9.59 Å². The first-order chi connectivity index (χ1) is 15.8. The Morgan fingerprint density at radius 1 is 1.21 bits per heavy atom. The van der Waals surface area contributed by atoms with E-state index in [9.17, 15) is 19.5 Å². The number of ketones is 1. The Morgan fingerprint density at radius 2 is 1.82 bits per heavy atom. The third-order valence-corrected chi connectivity index (χ3v) is 13.6. The quantitative estimate of drug-likeness (QED) is 0.479. The molecule has 1 N–H and O–H groups in total. The van der Waals surface area contributed by atoms with Crippen LogP contribution in [0.2, 0.25) is 18.1 Å². The average molecular weight is 489 g/mol. The first kappa shape index (κ1) is 26.4. The Morgan fingerprint density at radius 3 is 2.38 bits per heavy atom. The monoisotopic (exact) mass is 488 g/mol. The van der Waals surface area contributed by atoms with E-state index >= 15 is 0 Å². The van der Waals surface area contributed by atoms with Gasteiger partial charge in [0.15, 0.2) is 14.0 Å². The Kier molecular flexibility index (Phi) is 7.62. The molecule has 2 unspecified atom stereocenters. The molecule has 1 saturated carbocycles. The molecule has 0 bridgehead atoms. The van der Waals surface area contributed by atoms with E-state index < -0.39 is 38.3 Å². The van der Waals surface area contributed by atoms with Crippen molar-refractivity contribution in [3.05, 3.63) is 35.9 Å². The number of β-lactam (4-membered cyclic amide) rings is 1. The molecule has 8 heteroatoms. The maximum absolute atomic E-state index is 13.7. The fourth-order valence-electron chi connectivity index (χ4n) is 5.20. The summed E-state index contributed by atoms with van der Waals surface area (Å²) in [5.41, 5.74) is 0.884. The molecule has 2 aliphatic rings. The van der Waals surface area contributed by atoms with Gasteiger partial charge >= 0.3 is 6.09 Å². The van der Waals surface area contributed by atoms with E-state index in [1.165, 1.54) is 4.90 Å². The maximum Gasteiger partial charge on any atom is 0.410 e. The maximum atomic E-state index is 13.7. The number of hydrogen-bond donors (Lipinski definition) is 1. The summed E-state index contributed by atoms with van der Waals surface area (Å²) in [4.78, 5) is 41.1. The van der Waals surface area contributed by atoms with E-state index in [1.54, 1.807) is 14.0 Å². The van der Waals surface area contributed by atoms with Crippen LogP contribution in [-0.2, 0) is 20.9 Å². The molecule has 1 aromatic carbocycles. The Balaban J connectivity index is 1.78. The van der Waals surface area contributed by atoms with E-state index in [0.717, 1.165) is 12.0 Å². The van der Waals surface area contributed by atoms with Gasteiger partial charge in [0.25, 0.3) is 0 Å². The summed E-state index contributed by atoms with van der Waals surface area (Å²) in [6.45, 7) is 12.5. The smallest absolute Gasteiger partial charge is 0.410 e. The number of aliphatic hydroxyl groups excluding tert-OH is 1. The highest BCUT2D eigenvalue weighted by atomic mass is 28.3. The summed E-state index contributed by atoms with van der Waals surface area (Å²) in [6, 6.07) is 8.52. The van der Waals surface area contributed by atoms with Crippen LogP contribution >= 0.6 is 0 Å². The van der Waals surface area contributed by atoms with Crippen LogP contribution in [0.15, 0.2) is 30.3 Å². The highest BCUT2D eigenvalue weighted by Gasteiger charge is 2.62. The van der Waals surface area contributed by atoms with Crippen LogP contribution in [0.25, 0.3) is 0 Å². The van der Waals surface area contributed by atoms with Gasteiger partial charge in [0.2, 0.25) is 5.91 Å². The number of carbonyl (C=O) groups excluding carboxylic acids is 3. The summed E-state index contributed by atoms with van der Waals surface area (Å²) in [6.07, 6.45) is 0.669. The molecule has 1 aliphatic heterocycles. The van der Waals surface area contributed by atoms with Crippen molar-refractivity contribution >= 4 is 26.0 Å². The summed E-state index contributed by atoms with van der Waals surface area (Å²) >= 11 is 0. The molecule has 34 heavy (non-hydrogen) atoms. The molecule has 5 atom stereocenters. The lowest BCUT2D eigenvalue weighted by Crippen LogP contribution is -2.77. The topological polar surface area (TPSA) is 87.2 Å². The highest BCUT2D eigenvalue weighted by molar-refractivity contribution is 6.80. The number of ether oxygens (including phenoxy) is 1. The van der Waals surface area contributed by atoms with Gasteiger partial charge in [-0.2, -0.15) is 0 Å². The van der Waals surface area contributed by atoms with E-state index in [2.05, 4.69) is 33.9 Å². The van der Waals surface area contributed by atoms with Crippen LogP contribution in [0.5, 0.6) is 0 Å². The van der Waals surface area contributed by atoms with Crippen LogP contribution in [0, 0.1) is 11.8 Å². The number of nitrogens with zero attached hydrogens (tertiary/aromatic N) is 2. The predicted molar refractivity (Wildman–Crippen MR) is 134 cm³/mol. The first-order valence-electron chi connectivity index (χ1n) is 12.3. The van der Waals surface area contributed by atoms with Gasteiger partial charge in [-0.25, -0.2) is 4.79 Å². The van der Waals surface area contributed by atoms with Crippen LogP contribution in [-0.4, -0.2) is 65.8 Å². The molecule has 2 amide bonds. The lowest BCUT2D eigenvalue weighted by molar-refractivity contribution is -0.162. The van der Waals surface area contributed by atoms with Crippen LogP contribution in [0.1, 0.15) is 52.5 Å². The molecule has 0 aromatic heterocycles. The zero-order valence-electron chi connectivity index (χ0n) is 21.6. The molecule has 1 saturated heterocycles. The van der Waals surface area contributed by atoms with Crippen molar-refractivity contribution in [1.29, 1.82) is 0 Å². The zero-order valence-corrected chi connectivity index (χ0v) is 22.6. The number of hydrogen-bond acceptors (Lipinski definition) is 5. The minimum Gasteiger partial charge on any atom is -0.445 e. The number of benzene rings is 1. The second-order valence-electron chi connectivity index (χ2n) is 11.4. The lowest BCUT2D eigenvalue weighted by atomic mass is 9.70. The number of rotatable bonds is 6. The van der Waals surface area contributed by atoms with Crippen molar-refractivity contribution in [3.8, 4) is 0 Å². The van der Waals surface area contributed by atoms with Gasteiger partial charge in [0.1, 0.15) is 6.61 Å². The second-order valence-corrected chi connectivity index (χ2v) is 16.5. The van der Waals surface area contributed by atoms with E-state index in [0.29, 0.717) is 12.8 Å². The van der Waals surface area contributed by atoms with Crippen molar-refractivity contribution < 1.29 is 24.2 Å². The molecule has 1 heterocycles. The Hall–Kier alpha value is -2.19. The molecule has 188 valence electrons. The van der Waals surface area contributed by atoms with Gasteiger partial charge in [0.05, 0.1) is 18.1 Å². The lowest BCUT2D eigenvalue weighted by Gasteiger charge is -2.61. The normalized spacial score (nSPS) is 26.6. The molecule has 2 fully saturated rings. The third-order valence-electron chi connectivity index (χ3n) is 8.21. The second kappa shape index (κ2) is 9.82. The Bertz CT molecular complexity index is 912. The van der Waals surface area contributed by atoms with Gasteiger partial charge < -0.3 is 19.3 Å². The van der Waals surface area contributed by atoms with Gasteiger partial charge in [0, 0.05) is 19.0 Å². The number of likely N-dealkylation sites (N-methyl/N-ethyl adjacent to an activating group) is 1. The van der Waals surface area contributed by atoms with E-state index in [1.807, 2.05) is 34.9 Å². The SMILES string of the molecule is C[C@@H](O)[C@H]1C(=O)N([Si](C)(C)C(C)(C)C)[C@@H]1C1CCCC(N(C)C(=O)OCc2ccccc2)C1=O. The summed E-state index contributed by atoms with van der Waals surface area (Å²) in [7, 11) is -0.642. The zero-order chi connectivity index (χ0) is 25.4. The van der Waals surface area contributed by atoms with Gasteiger partial charge in [-0.05, 0) is 30.4 Å². The summed E-state index contributed by atoms with van der Waals surface area (Å²) in [5.74, 6) is -1.04. The number of aliphatic hydroxyl groups is 1. The molecule has 1 aliphatic carbocycles. The number of Topliss-reactive ketones (excluding diaryl/α,β-unsaturated/α-hetero) is 1. The molecular weight excluding hydrogens is 448 g/mol. The molecule has 1 aromatic rings. The van der Waals surface area contributed by atoms with Crippen molar-refractivity contribution in [2.75, 3.05) is 7.05 Å². The van der Waals surface area contributed by atoms with Crippen LogP contribution in [0.4, 0.5) is 4.79 Å². The van der Waals surface area contributed by atoms with Crippen molar-refractivity contribution in [1.82, 2.24) is 9.47 Å². The van der Waals surface area contributed by atoms with Crippen LogP contribution < -0.4 is 0 Å². The number of carbonyl (C=O) groups is 3.